The van der Waals surface area contributed by atoms with Crippen LogP contribution in [0, 0.1) is 13.8 Å². The first-order valence-electron chi connectivity index (χ1n) is 4.19. The number of nitrogens with zero attached hydrogens (tertiary/aromatic N) is 1. The van der Waals surface area contributed by atoms with Gasteiger partial charge in [-0.1, -0.05) is 0 Å². The molecule has 3 N–H and O–H groups in total. The number of rotatable bonds is 1. The Bertz CT molecular complexity index is 379. The Kier molecular flexibility index (Phi) is 3.85. The van der Waals surface area contributed by atoms with E-state index in [-0.39, 0.29) is 18.0 Å². The lowest BCUT2D eigenvalue weighted by Gasteiger charge is -2.17. The van der Waals surface area contributed by atoms with Gasteiger partial charge < -0.3 is 10.7 Å². The third-order valence-electron chi connectivity index (χ3n) is 2.01. The Hall–Kier alpha value is -0.870. The lowest BCUT2D eigenvalue weighted by Crippen LogP contribution is -2.34. The number of aryl methyl sites for hydroxylation is 1. The standard InChI is InChI=1S/C9H15N3O.ClH/c1-5-6(2)11-8(9(3,4)10)12-7(5)13;/h10H2,1-4H3,(H,11,12,13);1H. The van der Waals surface area contributed by atoms with Crippen molar-refractivity contribution in [1.82, 2.24) is 9.97 Å². The number of H-pyrrole nitrogens is 1. The number of hydrogen-bond donors (Lipinski definition) is 2. The van der Waals surface area contributed by atoms with Gasteiger partial charge in [-0.15, -0.1) is 12.4 Å². The highest BCUT2D eigenvalue weighted by Crippen LogP contribution is 2.10. The molecule has 5 heteroatoms. The Morgan fingerprint density at radius 3 is 2.21 bits per heavy atom. The van der Waals surface area contributed by atoms with Gasteiger partial charge in [0, 0.05) is 11.3 Å². The van der Waals surface area contributed by atoms with E-state index in [0.29, 0.717) is 11.4 Å². The quantitative estimate of drug-likeness (QED) is 0.737. The maximum absolute atomic E-state index is 11.4. The van der Waals surface area contributed by atoms with E-state index in [9.17, 15) is 4.79 Å². The van der Waals surface area contributed by atoms with Gasteiger partial charge in [-0.25, -0.2) is 4.98 Å². The molecule has 4 nitrogen and oxygen atoms in total. The third kappa shape index (κ3) is 2.56. The Morgan fingerprint density at radius 1 is 1.36 bits per heavy atom. The molecule has 1 aromatic heterocycles. The van der Waals surface area contributed by atoms with E-state index in [0.717, 1.165) is 5.69 Å². The number of aromatic amines is 1. The second kappa shape index (κ2) is 4.11. The summed E-state index contributed by atoms with van der Waals surface area (Å²) >= 11 is 0. The monoisotopic (exact) mass is 217 g/mol. The van der Waals surface area contributed by atoms with Crippen molar-refractivity contribution in [2.24, 2.45) is 5.73 Å². The summed E-state index contributed by atoms with van der Waals surface area (Å²) in [4.78, 5) is 18.2. The number of halogens is 1. The van der Waals surface area contributed by atoms with Crippen molar-refractivity contribution in [2.45, 2.75) is 33.2 Å². The van der Waals surface area contributed by atoms with E-state index < -0.39 is 5.54 Å². The fourth-order valence-corrected chi connectivity index (χ4v) is 0.950. The molecule has 0 saturated carbocycles. The van der Waals surface area contributed by atoms with Crippen LogP contribution in [0.2, 0.25) is 0 Å². The smallest absolute Gasteiger partial charge is 0.254 e. The molecule has 0 aromatic carbocycles. The van der Waals surface area contributed by atoms with Crippen LogP contribution >= 0.6 is 12.4 Å². The summed E-state index contributed by atoms with van der Waals surface area (Å²) in [5.74, 6) is 0.528. The van der Waals surface area contributed by atoms with Crippen molar-refractivity contribution in [1.29, 1.82) is 0 Å². The normalized spacial score (nSPS) is 10.9. The van der Waals surface area contributed by atoms with Gasteiger partial charge in [0.25, 0.3) is 5.56 Å². The molecule has 0 spiro atoms. The van der Waals surface area contributed by atoms with Crippen LogP contribution in [0.25, 0.3) is 0 Å². The Labute approximate surface area is 89.3 Å². The van der Waals surface area contributed by atoms with Crippen molar-refractivity contribution in [3.8, 4) is 0 Å². The molecule has 0 bridgehead atoms. The average Bonchev–Trinajstić information content (AvgIpc) is 1.97. The fourth-order valence-electron chi connectivity index (χ4n) is 0.950. The van der Waals surface area contributed by atoms with Crippen molar-refractivity contribution in [3.63, 3.8) is 0 Å². The molecule has 0 atom stereocenters. The molecule has 1 aromatic rings. The maximum atomic E-state index is 11.4. The summed E-state index contributed by atoms with van der Waals surface area (Å²) in [6.07, 6.45) is 0. The fraction of sp³-hybridized carbons (Fsp3) is 0.556. The van der Waals surface area contributed by atoms with Gasteiger partial charge in [0.05, 0.1) is 5.54 Å². The molecule has 1 heterocycles. The summed E-state index contributed by atoms with van der Waals surface area (Å²) in [5.41, 5.74) is 6.48. The molecule has 14 heavy (non-hydrogen) atoms. The minimum absolute atomic E-state index is 0. The van der Waals surface area contributed by atoms with E-state index in [1.807, 2.05) is 0 Å². The molecule has 0 aliphatic carbocycles. The first kappa shape index (κ1) is 13.1. The molecule has 0 amide bonds. The molecule has 80 valence electrons. The van der Waals surface area contributed by atoms with Crippen LogP contribution in [0.1, 0.15) is 30.9 Å². The zero-order valence-corrected chi connectivity index (χ0v) is 9.66. The largest absolute Gasteiger partial charge is 0.319 e. The summed E-state index contributed by atoms with van der Waals surface area (Å²) in [5, 5.41) is 0. The number of hydrogen-bond acceptors (Lipinski definition) is 3. The van der Waals surface area contributed by atoms with E-state index in [1.54, 1.807) is 27.7 Å². The number of nitrogens with one attached hydrogen (secondary N) is 1. The van der Waals surface area contributed by atoms with Crippen molar-refractivity contribution < 1.29 is 0 Å². The maximum Gasteiger partial charge on any atom is 0.254 e. The predicted octanol–water partition coefficient (Wildman–Crippen LogP) is 1.00. The minimum Gasteiger partial charge on any atom is -0.319 e. The van der Waals surface area contributed by atoms with Gasteiger partial charge in [-0.3, -0.25) is 4.79 Å². The first-order chi connectivity index (χ1) is 5.82. The van der Waals surface area contributed by atoms with Crippen molar-refractivity contribution in [3.05, 3.63) is 27.4 Å². The molecule has 1 rings (SSSR count). The van der Waals surface area contributed by atoms with E-state index in [4.69, 9.17) is 5.73 Å². The lowest BCUT2D eigenvalue weighted by molar-refractivity contribution is 0.509. The highest BCUT2D eigenvalue weighted by atomic mass is 35.5. The molecular weight excluding hydrogens is 202 g/mol. The lowest BCUT2D eigenvalue weighted by atomic mass is 10.1. The summed E-state index contributed by atoms with van der Waals surface area (Å²) in [7, 11) is 0. The molecule has 0 saturated heterocycles. The van der Waals surface area contributed by atoms with Crippen LogP contribution in [0.3, 0.4) is 0 Å². The average molecular weight is 218 g/mol. The van der Waals surface area contributed by atoms with Gasteiger partial charge in [-0.05, 0) is 27.7 Å². The molecule has 0 radical (unpaired) electrons. The van der Waals surface area contributed by atoms with Crippen LogP contribution in [0.5, 0.6) is 0 Å². The summed E-state index contributed by atoms with van der Waals surface area (Å²) < 4.78 is 0. The van der Waals surface area contributed by atoms with Crippen molar-refractivity contribution in [2.75, 3.05) is 0 Å². The molecule has 0 unspecified atom stereocenters. The van der Waals surface area contributed by atoms with Crippen LogP contribution in [0.15, 0.2) is 4.79 Å². The second-order valence-corrected chi connectivity index (χ2v) is 3.85. The van der Waals surface area contributed by atoms with E-state index in [1.165, 1.54) is 0 Å². The van der Waals surface area contributed by atoms with E-state index in [2.05, 4.69) is 9.97 Å². The van der Waals surface area contributed by atoms with Crippen LogP contribution in [0.4, 0.5) is 0 Å². The van der Waals surface area contributed by atoms with Crippen LogP contribution in [-0.4, -0.2) is 9.97 Å². The van der Waals surface area contributed by atoms with Crippen LogP contribution < -0.4 is 11.3 Å². The van der Waals surface area contributed by atoms with Crippen molar-refractivity contribution >= 4 is 12.4 Å². The second-order valence-electron chi connectivity index (χ2n) is 3.85. The summed E-state index contributed by atoms with van der Waals surface area (Å²) in [6.45, 7) is 7.16. The topological polar surface area (TPSA) is 71.8 Å². The highest BCUT2D eigenvalue weighted by Gasteiger charge is 2.18. The van der Waals surface area contributed by atoms with Gasteiger partial charge in [-0.2, -0.15) is 0 Å². The number of aromatic nitrogens is 2. The SMILES string of the molecule is Cc1nc(C(C)(C)N)[nH]c(=O)c1C.Cl. The Balaban J connectivity index is 0.00000169. The minimum atomic E-state index is -0.600. The third-order valence-corrected chi connectivity index (χ3v) is 2.01. The van der Waals surface area contributed by atoms with Gasteiger partial charge >= 0.3 is 0 Å². The van der Waals surface area contributed by atoms with Gasteiger partial charge in [0.15, 0.2) is 0 Å². The zero-order chi connectivity index (χ0) is 10.2. The molecular formula is C9H16ClN3O. The van der Waals surface area contributed by atoms with Gasteiger partial charge in [0.1, 0.15) is 5.82 Å². The Morgan fingerprint density at radius 2 is 1.86 bits per heavy atom. The zero-order valence-electron chi connectivity index (χ0n) is 8.84. The van der Waals surface area contributed by atoms with Gasteiger partial charge in [0.2, 0.25) is 0 Å². The molecule has 0 fully saturated rings. The molecule has 0 aliphatic heterocycles. The van der Waals surface area contributed by atoms with Crippen LogP contribution in [-0.2, 0) is 5.54 Å². The van der Waals surface area contributed by atoms with E-state index >= 15 is 0 Å². The number of nitrogens with two attached hydrogens (primary N) is 1. The predicted molar refractivity (Wildman–Crippen MR) is 58.8 cm³/mol. The molecule has 0 aliphatic rings. The first-order valence-corrected chi connectivity index (χ1v) is 4.19. The highest BCUT2D eigenvalue weighted by molar-refractivity contribution is 5.85. The summed E-state index contributed by atoms with van der Waals surface area (Å²) in [6, 6.07) is 0.